The van der Waals surface area contributed by atoms with Gasteiger partial charge in [0.05, 0.1) is 0 Å². The van der Waals surface area contributed by atoms with Crippen LogP contribution >= 0.6 is 0 Å². The fourth-order valence-corrected chi connectivity index (χ4v) is 7.78. The summed E-state index contributed by atoms with van der Waals surface area (Å²) in [7, 11) is 0. The van der Waals surface area contributed by atoms with Crippen molar-refractivity contribution in [3.05, 3.63) is 83.2 Å². The van der Waals surface area contributed by atoms with Gasteiger partial charge in [-0.1, -0.05) is 107 Å². The molecule has 0 N–H and O–H groups in total. The van der Waals surface area contributed by atoms with Gasteiger partial charge in [-0.15, -0.1) is 0 Å². The van der Waals surface area contributed by atoms with Gasteiger partial charge < -0.3 is 0 Å². The molecule has 42 heavy (non-hydrogen) atoms. The molecule has 0 amide bonds. The Morgan fingerprint density at radius 1 is 0.595 bits per heavy atom. The number of aryl methyl sites for hydroxylation is 1. The van der Waals surface area contributed by atoms with Crippen molar-refractivity contribution < 1.29 is 13.2 Å². The maximum Gasteiger partial charge on any atom is 0.166 e. The summed E-state index contributed by atoms with van der Waals surface area (Å²) in [5.74, 6) is 1.39. The third-order valence-corrected chi connectivity index (χ3v) is 10.5. The van der Waals surface area contributed by atoms with Crippen molar-refractivity contribution in [1.29, 1.82) is 0 Å². The molecule has 0 heterocycles. The lowest BCUT2D eigenvalue weighted by atomic mass is 9.68. The Kier molecular flexibility index (Phi) is 10.9. The number of unbranched alkanes of at least 4 members (excludes halogenated alkanes) is 3. The molecular weight excluding hydrogens is 525 g/mol. The highest BCUT2D eigenvalue weighted by Crippen LogP contribution is 2.45. The molecule has 0 nitrogen and oxygen atoms in total. The second-order valence-electron chi connectivity index (χ2n) is 13.2. The SMILES string of the molecule is CCCCCC1CCC(C2CCC(c3ccc(-c4ccc(-c5ccc(CCCC)c(F)c5F)cc4)c(F)c3)CC2)CC1. The van der Waals surface area contributed by atoms with Crippen molar-refractivity contribution in [2.24, 2.45) is 17.8 Å². The Hall–Kier alpha value is -2.55. The normalized spacial score (nSPS) is 22.8. The zero-order valence-corrected chi connectivity index (χ0v) is 25.7. The first-order valence-corrected chi connectivity index (χ1v) is 16.9. The van der Waals surface area contributed by atoms with Crippen LogP contribution in [0.5, 0.6) is 0 Å². The van der Waals surface area contributed by atoms with E-state index >= 15 is 4.39 Å². The summed E-state index contributed by atoms with van der Waals surface area (Å²) in [5.41, 5.74) is 3.67. The third kappa shape index (κ3) is 7.32. The standard InChI is InChI=1S/C39H49F3/c1-3-5-7-8-27-10-12-28(13-11-27)29-14-16-30(17-15-29)34-23-24-35(37(40)26-34)31-18-20-32(21-19-31)36-25-22-33(9-6-4-2)38(41)39(36)42/h18-30H,3-17H2,1-2H3. The minimum Gasteiger partial charge on any atom is -0.206 e. The van der Waals surface area contributed by atoms with Crippen LogP contribution in [0.3, 0.4) is 0 Å². The van der Waals surface area contributed by atoms with E-state index in [1.54, 1.807) is 42.5 Å². The molecule has 0 aromatic heterocycles. The highest BCUT2D eigenvalue weighted by Gasteiger charge is 2.31. The van der Waals surface area contributed by atoms with Crippen LogP contribution in [0.4, 0.5) is 13.2 Å². The lowest BCUT2D eigenvalue weighted by Crippen LogP contribution is -2.25. The van der Waals surface area contributed by atoms with Crippen LogP contribution in [-0.2, 0) is 6.42 Å². The Bertz CT molecular complexity index is 1280. The summed E-state index contributed by atoms with van der Waals surface area (Å²) in [6, 6.07) is 16.2. The van der Waals surface area contributed by atoms with E-state index in [9.17, 15) is 8.78 Å². The lowest BCUT2D eigenvalue weighted by molar-refractivity contribution is 0.155. The van der Waals surface area contributed by atoms with E-state index in [1.165, 1.54) is 64.2 Å². The molecule has 2 fully saturated rings. The van der Waals surface area contributed by atoms with E-state index in [1.807, 2.05) is 13.0 Å². The smallest absolute Gasteiger partial charge is 0.166 e. The average molecular weight is 575 g/mol. The summed E-state index contributed by atoms with van der Waals surface area (Å²) >= 11 is 0. The average Bonchev–Trinajstić information content (AvgIpc) is 3.02. The molecule has 2 saturated carbocycles. The molecule has 226 valence electrons. The van der Waals surface area contributed by atoms with Crippen molar-refractivity contribution in [3.63, 3.8) is 0 Å². The summed E-state index contributed by atoms with van der Waals surface area (Å²) in [6.07, 6.45) is 18.4. The number of hydrogen-bond donors (Lipinski definition) is 0. The highest BCUT2D eigenvalue weighted by molar-refractivity contribution is 5.71. The van der Waals surface area contributed by atoms with Crippen molar-refractivity contribution in [1.82, 2.24) is 0 Å². The van der Waals surface area contributed by atoms with E-state index < -0.39 is 11.6 Å². The Balaban J connectivity index is 1.17. The van der Waals surface area contributed by atoms with Gasteiger partial charge in [0.2, 0.25) is 0 Å². The molecule has 0 radical (unpaired) electrons. The fourth-order valence-electron chi connectivity index (χ4n) is 7.78. The van der Waals surface area contributed by atoms with Gasteiger partial charge in [0, 0.05) is 11.1 Å². The van der Waals surface area contributed by atoms with Crippen molar-refractivity contribution in [3.8, 4) is 22.3 Å². The van der Waals surface area contributed by atoms with Gasteiger partial charge in [0.1, 0.15) is 5.82 Å². The van der Waals surface area contributed by atoms with Gasteiger partial charge in [0.25, 0.3) is 0 Å². The van der Waals surface area contributed by atoms with Crippen molar-refractivity contribution in [2.45, 2.75) is 116 Å². The van der Waals surface area contributed by atoms with Crippen molar-refractivity contribution >= 4 is 0 Å². The molecule has 2 aliphatic carbocycles. The first kappa shape index (κ1) is 30.9. The van der Waals surface area contributed by atoms with E-state index in [0.717, 1.165) is 54.6 Å². The van der Waals surface area contributed by atoms with Gasteiger partial charge >= 0.3 is 0 Å². The molecule has 5 rings (SSSR count). The third-order valence-electron chi connectivity index (χ3n) is 10.5. The van der Waals surface area contributed by atoms with Gasteiger partial charge in [-0.3, -0.25) is 0 Å². The van der Waals surface area contributed by atoms with E-state index in [-0.39, 0.29) is 11.4 Å². The summed E-state index contributed by atoms with van der Waals surface area (Å²) in [5, 5.41) is 0. The lowest BCUT2D eigenvalue weighted by Gasteiger charge is -2.38. The summed E-state index contributed by atoms with van der Waals surface area (Å²) in [6.45, 7) is 4.32. The molecule has 2 aliphatic rings. The van der Waals surface area contributed by atoms with Gasteiger partial charge in [0.15, 0.2) is 11.6 Å². The van der Waals surface area contributed by atoms with E-state index in [2.05, 4.69) is 13.0 Å². The molecule has 0 saturated heterocycles. The van der Waals surface area contributed by atoms with Gasteiger partial charge in [-0.05, 0) is 103 Å². The minimum atomic E-state index is -0.809. The molecule has 3 aromatic carbocycles. The van der Waals surface area contributed by atoms with Gasteiger partial charge in [-0.25, -0.2) is 13.2 Å². The van der Waals surface area contributed by atoms with E-state index in [0.29, 0.717) is 29.0 Å². The topological polar surface area (TPSA) is 0 Å². The van der Waals surface area contributed by atoms with Gasteiger partial charge in [-0.2, -0.15) is 0 Å². The molecule has 0 aliphatic heterocycles. The molecule has 0 atom stereocenters. The van der Waals surface area contributed by atoms with Crippen LogP contribution in [-0.4, -0.2) is 0 Å². The van der Waals surface area contributed by atoms with Crippen LogP contribution in [0.1, 0.15) is 121 Å². The fraction of sp³-hybridized carbons (Fsp3) is 0.538. The maximum atomic E-state index is 15.4. The van der Waals surface area contributed by atoms with Crippen LogP contribution in [0.2, 0.25) is 0 Å². The van der Waals surface area contributed by atoms with Crippen LogP contribution < -0.4 is 0 Å². The molecule has 0 bridgehead atoms. The number of halogens is 3. The summed E-state index contributed by atoms with van der Waals surface area (Å²) < 4.78 is 44.8. The van der Waals surface area contributed by atoms with Crippen LogP contribution in [0, 0.1) is 35.2 Å². The first-order valence-electron chi connectivity index (χ1n) is 16.9. The second-order valence-corrected chi connectivity index (χ2v) is 13.2. The maximum absolute atomic E-state index is 15.4. The summed E-state index contributed by atoms with van der Waals surface area (Å²) in [4.78, 5) is 0. The zero-order valence-electron chi connectivity index (χ0n) is 25.7. The predicted octanol–water partition coefficient (Wildman–Crippen LogP) is 12.4. The monoisotopic (exact) mass is 574 g/mol. The molecular formula is C39H49F3. The van der Waals surface area contributed by atoms with Crippen molar-refractivity contribution in [2.75, 3.05) is 0 Å². The van der Waals surface area contributed by atoms with E-state index in [4.69, 9.17) is 0 Å². The zero-order chi connectivity index (χ0) is 29.5. The highest BCUT2D eigenvalue weighted by atomic mass is 19.2. The first-order chi connectivity index (χ1) is 20.5. The Morgan fingerprint density at radius 2 is 1.19 bits per heavy atom. The second kappa shape index (κ2) is 14.8. The minimum absolute atomic E-state index is 0.207. The quantitative estimate of drug-likeness (QED) is 0.200. The van der Waals surface area contributed by atoms with Crippen LogP contribution in [0.25, 0.3) is 22.3 Å². The number of hydrogen-bond acceptors (Lipinski definition) is 0. The molecule has 0 spiro atoms. The van der Waals surface area contributed by atoms with Crippen LogP contribution in [0.15, 0.2) is 54.6 Å². The Morgan fingerprint density at radius 3 is 1.81 bits per heavy atom. The Labute approximate surface area is 252 Å². The molecule has 0 unspecified atom stereocenters. The molecule has 3 heteroatoms. The molecule has 3 aromatic rings. The predicted molar refractivity (Wildman–Crippen MR) is 170 cm³/mol. The largest absolute Gasteiger partial charge is 0.206 e. The number of rotatable bonds is 11. The number of benzene rings is 3.